The molecule has 0 spiro atoms. The van der Waals surface area contributed by atoms with Gasteiger partial charge in [0.05, 0.1) is 7.11 Å². The van der Waals surface area contributed by atoms with Crippen molar-refractivity contribution in [3.05, 3.63) is 35.4 Å². The highest BCUT2D eigenvalue weighted by Crippen LogP contribution is 2.10. The molecule has 1 heterocycles. The molecule has 1 fully saturated rings. The summed E-state index contributed by atoms with van der Waals surface area (Å²) in [6, 6.07) is 7.03. The van der Waals surface area contributed by atoms with Gasteiger partial charge in [0.2, 0.25) is 0 Å². The molecule has 0 bridgehead atoms. The molecule has 5 nitrogen and oxygen atoms in total. The van der Waals surface area contributed by atoms with Crippen LogP contribution in [-0.2, 0) is 9.53 Å². The average molecular weight is 262 g/mol. The molecule has 1 aliphatic rings. The minimum Gasteiger partial charge on any atom is -0.468 e. The number of carbonyl (C=O) groups excluding carboxylic acids is 2. The van der Waals surface area contributed by atoms with Crippen LogP contribution in [0.5, 0.6) is 0 Å². The third kappa shape index (κ3) is 3.32. The van der Waals surface area contributed by atoms with Gasteiger partial charge in [0.25, 0.3) is 5.91 Å². The monoisotopic (exact) mass is 262 g/mol. The second kappa shape index (κ2) is 5.84. The van der Waals surface area contributed by atoms with E-state index in [0.29, 0.717) is 18.5 Å². The van der Waals surface area contributed by atoms with E-state index in [9.17, 15) is 9.59 Å². The molecular formula is C14H18N2O3. The fraction of sp³-hybridized carbons (Fsp3) is 0.429. The summed E-state index contributed by atoms with van der Waals surface area (Å²) >= 11 is 0. The maximum absolute atomic E-state index is 12.0. The summed E-state index contributed by atoms with van der Waals surface area (Å²) in [5.41, 5.74) is 1.75. The zero-order valence-electron chi connectivity index (χ0n) is 11.1. The van der Waals surface area contributed by atoms with Crippen molar-refractivity contribution in [2.75, 3.05) is 13.7 Å². The van der Waals surface area contributed by atoms with Gasteiger partial charge in [-0.15, -0.1) is 0 Å². The Kier molecular flexibility index (Phi) is 4.16. The Bertz CT molecular complexity index is 470. The zero-order chi connectivity index (χ0) is 13.8. The van der Waals surface area contributed by atoms with Crippen molar-refractivity contribution in [2.24, 2.45) is 0 Å². The van der Waals surface area contributed by atoms with Crippen LogP contribution in [-0.4, -0.2) is 37.6 Å². The van der Waals surface area contributed by atoms with E-state index in [1.165, 1.54) is 7.11 Å². The van der Waals surface area contributed by atoms with E-state index >= 15 is 0 Å². The van der Waals surface area contributed by atoms with Gasteiger partial charge in [-0.1, -0.05) is 17.7 Å². The highest BCUT2D eigenvalue weighted by atomic mass is 16.5. The number of esters is 1. The Morgan fingerprint density at radius 3 is 2.63 bits per heavy atom. The van der Waals surface area contributed by atoms with Gasteiger partial charge in [0.1, 0.15) is 6.04 Å². The van der Waals surface area contributed by atoms with Crippen molar-refractivity contribution in [2.45, 2.75) is 25.4 Å². The first-order chi connectivity index (χ1) is 9.10. The Labute approximate surface area is 112 Å². The van der Waals surface area contributed by atoms with Crippen molar-refractivity contribution >= 4 is 11.9 Å². The van der Waals surface area contributed by atoms with E-state index in [2.05, 4.69) is 15.4 Å². The van der Waals surface area contributed by atoms with Gasteiger partial charge in [0.15, 0.2) is 0 Å². The molecule has 1 aromatic rings. The lowest BCUT2D eigenvalue weighted by Crippen LogP contribution is -2.36. The molecular weight excluding hydrogens is 244 g/mol. The van der Waals surface area contributed by atoms with E-state index in [1.54, 1.807) is 12.1 Å². The summed E-state index contributed by atoms with van der Waals surface area (Å²) in [6.07, 6.45) is 0.560. The minimum absolute atomic E-state index is 0.0436. The summed E-state index contributed by atoms with van der Waals surface area (Å²) in [7, 11) is 1.36. The van der Waals surface area contributed by atoms with E-state index in [-0.39, 0.29) is 24.0 Å². The van der Waals surface area contributed by atoms with Gasteiger partial charge in [-0.25, -0.2) is 0 Å². The van der Waals surface area contributed by atoms with Crippen LogP contribution in [0.2, 0.25) is 0 Å². The maximum atomic E-state index is 12.0. The van der Waals surface area contributed by atoms with Gasteiger partial charge in [0, 0.05) is 18.2 Å². The summed E-state index contributed by atoms with van der Waals surface area (Å²) in [5, 5.41) is 5.95. The van der Waals surface area contributed by atoms with E-state index in [0.717, 1.165) is 5.56 Å². The molecule has 2 atom stereocenters. The van der Waals surface area contributed by atoms with Crippen LogP contribution in [0.4, 0.5) is 0 Å². The second-order valence-corrected chi connectivity index (χ2v) is 4.76. The fourth-order valence-electron chi connectivity index (χ4n) is 2.14. The number of benzene rings is 1. The number of amides is 1. The molecule has 0 unspecified atom stereocenters. The highest BCUT2D eigenvalue weighted by molar-refractivity contribution is 5.94. The largest absolute Gasteiger partial charge is 0.468 e. The van der Waals surface area contributed by atoms with Gasteiger partial charge in [-0.3, -0.25) is 9.59 Å². The molecule has 0 radical (unpaired) electrons. The molecule has 19 heavy (non-hydrogen) atoms. The number of nitrogens with one attached hydrogen (secondary N) is 2. The first kappa shape index (κ1) is 13.5. The summed E-state index contributed by atoms with van der Waals surface area (Å²) in [4.78, 5) is 23.4. The van der Waals surface area contributed by atoms with Crippen LogP contribution in [0.1, 0.15) is 22.3 Å². The standard InChI is InChI=1S/C14H18N2O3/c1-9-3-5-10(6-4-9)13(17)16-11-7-12(15-8-11)14(18)19-2/h3-6,11-12,15H,7-8H2,1-2H3,(H,16,17)/t11-,12+/m1/s1. The highest BCUT2D eigenvalue weighted by Gasteiger charge is 2.30. The average Bonchev–Trinajstić information content (AvgIpc) is 2.87. The van der Waals surface area contributed by atoms with Gasteiger partial charge >= 0.3 is 5.97 Å². The Morgan fingerprint density at radius 2 is 2.00 bits per heavy atom. The summed E-state index contributed by atoms with van der Waals surface area (Å²) < 4.78 is 4.67. The molecule has 0 aliphatic carbocycles. The molecule has 1 saturated heterocycles. The van der Waals surface area contributed by atoms with Crippen molar-refractivity contribution in [1.29, 1.82) is 0 Å². The van der Waals surface area contributed by atoms with Crippen LogP contribution in [0.25, 0.3) is 0 Å². The lowest BCUT2D eigenvalue weighted by Gasteiger charge is -2.12. The van der Waals surface area contributed by atoms with Crippen LogP contribution in [0.3, 0.4) is 0 Å². The number of ether oxygens (including phenoxy) is 1. The lowest BCUT2D eigenvalue weighted by molar-refractivity contribution is -0.142. The number of hydrogen-bond acceptors (Lipinski definition) is 4. The van der Waals surface area contributed by atoms with Crippen molar-refractivity contribution < 1.29 is 14.3 Å². The Balaban J connectivity index is 1.90. The molecule has 102 valence electrons. The topological polar surface area (TPSA) is 67.4 Å². The molecule has 2 rings (SSSR count). The third-order valence-corrected chi connectivity index (χ3v) is 3.27. The van der Waals surface area contributed by atoms with E-state index in [4.69, 9.17) is 0 Å². The Morgan fingerprint density at radius 1 is 1.32 bits per heavy atom. The molecule has 1 amide bonds. The summed E-state index contributed by atoms with van der Waals surface area (Å²) in [6.45, 7) is 2.56. The molecule has 1 aliphatic heterocycles. The van der Waals surface area contributed by atoms with Gasteiger partial charge in [-0.2, -0.15) is 0 Å². The minimum atomic E-state index is -0.326. The van der Waals surface area contributed by atoms with E-state index in [1.807, 2.05) is 19.1 Å². The van der Waals surface area contributed by atoms with Gasteiger partial charge < -0.3 is 15.4 Å². The number of carbonyl (C=O) groups is 2. The molecule has 5 heteroatoms. The first-order valence-electron chi connectivity index (χ1n) is 6.29. The summed E-state index contributed by atoms with van der Waals surface area (Å²) in [5.74, 6) is -0.399. The Hall–Kier alpha value is -1.88. The maximum Gasteiger partial charge on any atom is 0.322 e. The normalized spacial score (nSPS) is 22.0. The lowest BCUT2D eigenvalue weighted by atomic mass is 10.1. The second-order valence-electron chi connectivity index (χ2n) is 4.76. The zero-order valence-corrected chi connectivity index (χ0v) is 11.1. The molecule has 2 N–H and O–H groups in total. The van der Waals surface area contributed by atoms with Crippen LogP contribution < -0.4 is 10.6 Å². The molecule has 0 aromatic heterocycles. The van der Waals surface area contributed by atoms with Crippen molar-refractivity contribution in [3.63, 3.8) is 0 Å². The third-order valence-electron chi connectivity index (χ3n) is 3.27. The van der Waals surface area contributed by atoms with Crippen LogP contribution in [0, 0.1) is 6.92 Å². The predicted molar refractivity (Wildman–Crippen MR) is 70.9 cm³/mol. The van der Waals surface area contributed by atoms with Gasteiger partial charge in [-0.05, 0) is 25.5 Å². The number of hydrogen-bond donors (Lipinski definition) is 2. The SMILES string of the molecule is COC(=O)[C@@H]1C[C@@H](NC(=O)c2ccc(C)cc2)CN1. The first-order valence-corrected chi connectivity index (χ1v) is 6.29. The molecule has 1 aromatic carbocycles. The van der Waals surface area contributed by atoms with Crippen molar-refractivity contribution in [1.82, 2.24) is 10.6 Å². The number of aryl methyl sites for hydroxylation is 1. The number of rotatable bonds is 3. The van der Waals surface area contributed by atoms with Crippen molar-refractivity contribution in [3.8, 4) is 0 Å². The number of methoxy groups -OCH3 is 1. The predicted octanol–water partition coefficient (Wildman–Crippen LogP) is 0.628. The quantitative estimate of drug-likeness (QED) is 0.784. The molecule has 0 saturated carbocycles. The van der Waals surface area contributed by atoms with Crippen LogP contribution in [0.15, 0.2) is 24.3 Å². The van der Waals surface area contributed by atoms with E-state index < -0.39 is 0 Å². The van der Waals surface area contributed by atoms with Crippen LogP contribution >= 0.6 is 0 Å². The fourth-order valence-corrected chi connectivity index (χ4v) is 2.14. The smallest absolute Gasteiger partial charge is 0.322 e.